The van der Waals surface area contributed by atoms with E-state index in [9.17, 15) is 0 Å². The van der Waals surface area contributed by atoms with Crippen LogP contribution in [0.3, 0.4) is 0 Å². The number of hydrogen-bond acceptors (Lipinski definition) is 3. The van der Waals surface area contributed by atoms with Crippen LogP contribution in [0.5, 0.6) is 0 Å². The Bertz CT molecular complexity index is 600. The van der Waals surface area contributed by atoms with Crippen molar-refractivity contribution in [1.82, 2.24) is 19.5 Å². The lowest BCUT2D eigenvalue weighted by molar-refractivity contribution is 0.428. The van der Waals surface area contributed by atoms with Gasteiger partial charge in [-0.15, -0.1) is 34.2 Å². The van der Waals surface area contributed by atoms with Gasteiger partial charge in [0.05, 0.1) is 0 Å². The van der Waals surface area contributed by atoms with E-state index in [4.69, 9.17) is 5.73 Å². The number of rotatable bonds is 2. The standard InChI is InChI=1S/C14H20N6.HI/c15-14(19-8-4-1-2-5-9-19)16-11-13-18-17-12-7-3-6-10-20(12)13;/h3,6-7,10H,1-2,4-5,8-9,11H2,(H2,15,16);1H. The summed E-state index contributed by atoms with van der Waals surface area (Å²) in [6.07, 6.45) is 6.92. The lowest BCUT2D eigenvalue weighted by Gasteiger charge is -2.20. The zero-order valence-electron chi connectivity index (χ0n) is 12.0. The molecular formula is C14H21IN6. The van der Waals surface area contributed by atoms with Crippen molar-refractivity contribution in [3.63, 3.8) is 0 Å². The number of pyridine rings is 1. The molecule has 0 aliphatic carbocycles. The van der Waals surface area contributed by atoms with Crippen LogP contribution < -0.4 is 5.73 Å². The van der Waals surface area contributed by atoms with E-state index in [2.05, 4.69) is 20.1 Å². The third-order valence-electron chi connectivity index (χ3n) is 3.70. The Kier molecular flexibility index (Phi) is 5.77. The fraction of sp³-hybridized carbons (Fsp3) is 0.500. The molecule has 1 aliphatic heterocycles. The molecule has 0 atom stereocenters. The van der Waals surface area contributed by atoms with Crippen LogP contribution in [0.15, 0.2) is 29.4 Å². The Morgan fingerprint density at radius 2 is 1.90 bits per heavy atom. The molecule has 6 nitrogen and oxygen atoms in total. The molecule has 1 aliphatic rings. The summed E-state index contributed by atoms with van der Waals surface area (Å²) in [5, 5.41) is 8.28. The van der Waals surface area contributed by atoms with Crippen molar-refractivity contribution in [2.75, 3.05) is 13.1 Å². The molecule has 3 heterocycles. The van der Waals surface area contributed by atoms with Crippen molar-refractivity contribution in [3.8, 4) is 0 Å². The van der Waals surface area contributed by atoms with Crippen molar-refractivity contribution in [3.05, 3.63) is 30.2 Å². The van der Waals surface area contributed by atoms with Crippen LogP contribution in [-0.4, -0.2) is 38.5 Å². The first-order chi connectivity index (χ1) is 9.84. The summed E-state index contributed by atoms with van der Waals surface area (Å²) < 4.78 is 1.94. The smallest absolute Gasteiger partial charge is 0.191 e. The number of aromatic nitrogens is 3. The number of nitrogens with two attached hydrogens (primary N) is 1. The van der Waals surface area contributed by atoms with E-state index >= 15 is 0 Å². The normalized spacial score (nSPS) is 16.6. The highest BCUT2D eigenvalue weighted by atomic mass is 127. The Balaban J connectivity index is 0.00000161. The molecule has 21 heavy (non-hydrogen) atoms. The number of likely N-dealkylation sites (tertiary alicyclic amines) is 1. The molecule has 3 rings (SSSR count). The van der Waals surface area contributed by atoms with Gasteiger partial charge >= 0.3 is 0 Å². The molecular weight excluding hydrogens is 379 g/mol. The minimum Gasteiger partial charge on any atom is -0.370 e. The second kappa shape index (κ2) is 7.58. The van der Waals surface area contributed by atoms with E-state index in [0.29, 0.717) is 12.5 Å². The second-order valence-electron chi connectivity index (χ2n) is 5.12. The molecule has 0 spiro atoms. The largest absolute Gasteiger partial charge is 0.370 e. The van der Waals surface area contributed by atoms with Gasteiger partial charge in [-0.25, -0.2) is 4.99 Å². The molecule has 1 saturated heterocycles. The Morgan fingerprint density at radius 1 is 1.14 bits per heavy atom. The summed E-state index contributed by atoms with van der Waals surface area (Å²) in [6.45, 7) is 2.49. The van der Waals surface area contributed by atoms with Crippen molar-refractivity contribution in [2.45, 2.75) is 32.2 Å². The van der Waals surface area contributed by atoms with Gasteiger partial charge in [-0.2, -0.15) is 0 Å². The van der Waals surface area contributed by atoms with Crippen molar-refractivity contribution in [1.29, 1.82) is 0 Å². The summed E-state index contributed by atoms with van der Waals surface area (Å²) >= 11 is 0. The number of hydrogen-bond donors (Lipinski definition) is 1. The van der Waals surface area contributed by atoms with Crippen molar-refractivity contribution < 1.29 is 0 Å². The molecule has 1 fully saturated rings. The molecule has 0 unspecified atom stereocenters. The van der Waals surface area contributed by atoms with Crippen LogP contribution >= 0.6 is 24.0 Å². The number of fused-ring (bicyclic) bond motifs is 1. The van der Waals surface area contributed by atoms with E-state index in [1.807, 2.05) is 28.8 Å². The van der Waals surface area contributed by atoms with Crippen LogP contribution in [0.25, 0.3) is 5.65 Å². The topological polar surface area (TPSA) is 71.8 Å². The van der Waals surface area contributed by atoms with E-state index in [0.717, 1.165) is 24.6 Å². The molecule has 114 valence electrons. The molecule has 7 heteroatoms. The molecule has 2 aromatic rings. The highest BCUT2D eigenvalue weighted by Gasteiger charge is 2.11. The highest BCUT2D eigenvalue weighted by Crippen LogP contribution is 2.10. The third-order valence-corrected chi connectivity index (χ3v) is 3.70. The van der Waals surface area contributed by atoms with Gasteiger partial charge in [-0.3, -0.25) is 4.40 Å². The van der Waals surface area contributed by atoms with Gasteiger partial charge in [0.1, 0.15) is 6.54 Å². The van der Waals surface area contributed by atoms with Gasteiger partial charge < -0.3 is 10.6 Å². The lowest BCUT2D eigenvalue weighted by atomic mass is 10.2. The summed E-state index contributed by atoms with van der Waals surface area (Å²) in [4.78, 5) is 6.66. The Labute approximate surface area is 141 Å². The van der Waals surface area contributed by atoms with Crippen LogP contribution in [0.4, 0.5) is 0 Å². The van der Waals surface area contributed by atoms with Crippen molar-refractivity contribution >= 4 is 35.6 Å². The average Bonchev–Trinajstić information content (AvgIpc) is 2.70. The SMILES string of the molecule is I.NC(=NCc1nnc2ccccn12)N1CCCCCC1. The first kappa shape index (κ1) is 16.0. The maximum Gasteiger partial charge on any atom is 0.191 e. The molecule has 0 radical (unpaired) electrons. The summed E-state index contributed by atoms with van der Waals surface area (Å²) in [6, 6.07) is 5.84. The fourth-order valence-electron chi connectivity index (χ4n) is 2.55. The first-order valence-electron chi connectivity index (χ1n) is 7.18. The number of guanidine groups is 1. The molecule has 0 aromatic carbocycles. The van der Waals surface area contributed by atoms with Crippen LogP contribution in [0.2, 0.25) is 0 Å². The van der Waals surface area contributed by atoms with Gasteiger partial charge in [-0.1, -0.05) is 18.9 Å². The lowest BCUT2D eigenvalue weighted by Crippen LogP contribution is -2.38. The highest BCUT2D eigenvalue weighted by molar-refractivity contribution is 14.0. The predicted octanol–water partition coefficient (Wildman–Crippen LogP) is 2.04. The molecule has 0 bridgehead atoms. The third kappa shape index (κ3) is 3.84. The quantitative estimate of drug-likeness (QED) is 0.476. The van der Waals surface area contributed by atoms with E-state index in [1.54, 1.807) is 0 Å². The van der Waals surface area contributed by atoms with E-state index < -0.39 is 0 Å². The zero-order valence-corrected chi connectivity index (χ0v) is 14.3. The van der Waals surface area contributed by atoms with Crippen LogP contribution in [-0.2, 0) is 6.54 Å². The second-order valence-corrected chi connectivity index (χ2v) is 5.12. The minimum atomic E-state index is 0. The maximum absolute atomic E-state index is 6.10. The first-order valence-corrected chi connectivity index (χ1v) is 7.18. The number of aliphatic imine (C=N–C) groups is 1. The monoisotopic (exact) mass is 400 g/mol. The zero-order chi connectivity index (χ0) is 13.8. The van der Waals surface area contributed by atoms with E-state index in [-0.39, 0.29) is 24.0 Å². The molecule has 2 aromatic heterocycles. The summed E-state index contributed by atoms with van der Waals surface area (Å²) in [5.74, 6) is 1.44. The van der Waals surface area contributed by atoms with E-state index in [1.165, 1.54) is 25.7 Å². The molecule has 0 amide bonds. The van der Waals surface area contributed by atoms with Gasteiger partial charge in [0.2, 0.25) is 0 Å². The Morgan fingerprint density at radius 3 is 2.67 bits per heavy atom. The minimum absolute atomic E-state index is 0. The number of nitrogens with zero attached hydrogens (tertiary/aromatic N) is 5. The van der Waals surface area contributed by atoms with Gasteiger partial charge in [0, 0.05) is 19.3 Å². The van der Waals surface area contributed by atoms with Crippen LogP contribution in [0.1, 0.15) is 31.5 Å². The summed E-state index contributed by atoms with van der Waals surface area (Å²) in [5.41, 5.74) is 6.94. The van der Waals surface area contributed by atoms with Gasteiger partial charge in [0.15, 0.2) is 17.4 Å². The molecule has 0 saturated carbocycles. The van der Waals surface area contributed by atoms with Gasteiger partial charge in [-0.05, 0) is 25.0 Å². The van der Waals surface area contributed by atoms with Crippen molar-refractivity contribution in [2.24, 2.45) is 10.7 Å². The average molecular weight is 400 g/mol. The van der Waals surface area contributed by atoms with Crippen LogP contribution in [0, 0.1) is 0 Å². The molecule has 2 N–H and O–H groups in total. The van der Waals surface area contributed by atoms with Gasteiger partial charge in [0.25, 0.3) is 0 Å². The maximum atomic E-state index is 6.10. The fourth-order valence-corrected chi connectivity index (χ4v) is 2.55. The number of halogens is 1. The summed E-state index contributed by atoms with van der Waals surface area (Å²) in [7, 11) is 0. The Hall–Kier alpha value is -1.38. The predicted molar refractivity (Wildman–Crippen MR) is 93.8 cm³/mol.